The number of nitrogens with zero attached hydrogens (tertiary/aromatic N) is 1. The van der Waals surface area contributed by atoms with Crippen LogP contribution in [0.3, 0.4) is 0 Å². The second-order valence-corrected chi connectivity index (χ2v) is 8.16. The highest BCUT2D eigenvalue weighted by Crippen LogP contribution is 2.31. The van der Waals surface area contributed by atoms with E-state index in [0.717, 1.165) is 35.1 Å². The summed E-state index contributed by atoms with van der Waals surface area (Å²) in [5.41, 5.74) is 0.549. The molecule has 112 valence electrons. The highest BCUT2D eigenvalue weighted by molar-refractivity contribution is 9.11. The molecule has 1 heterocycles. The number of hydrogen-bond donors (Lipinski definition) is 2. The second kappa shape index (κ2) is 7.22. The van der Waals surface area contributed by atoms with Gasteiger partial charge in [-0.05, 0) is 44.0 Å². The van der Waals surface area contributed by atoms with Crippen LogP contribution in [0.2, 0.25) is 0 Å². The summed E-state index contributed by atoms with van der Waals surface area (Å²) in [6.45, 7) is 4.19. The molecule has 0 spiro atoms. The van der Waals surface area contributed by atoms with Crippen molar-refractivity contribution in [1.29, 1.82) is 0 Å². The molecule has 0 bridgehead atoms. The summed E-state index contributed by atoms with van der Waals surface area (Å²) in [6.07, 6.45) is 0. The van der Waals surface area contributed by atoms with E-state index in [-0.39, 0.29) is 5.75 Å². The van der Waals surface area contributed by atoms with Crippen LogP contribution in [0.1, 0.15) is 0 Å². The van der Waals surface area contributed by atoms with E-state index in [9.17, 15) is 8.42 Å². The van der Waals surface area contributed by atoms with Crippen molar-refractivity contribution in [2.45, 2.75) is 0 Å². The molecule has 1 aromatic rings. The quantitative estimate of drug-likeness (QED) is 0.754. The third kappa shape index (κ3) is 4.70. The first-order chi connectivity index (χ1) is 9.48. The lowest BCUT2D eigenvalue weighted by atomic mass is 10.3. The van der Waals surface area contributed by atoms with Crippen molar-refractivity contribution in [2.24, 2.45) is 0 Å². The number of piperazine rings is 1. The maximum absolute atomic E-state index is 12.2. The lowest BCUT2D eigenvalue weighted by Gasteiger charge is -2.27. The number of halogens is 2. The summed E-state index contributed by atoms with van der Waals surface area (Å²) in [6, 6.07) is 5.45. The summed E-state index contributed by atoms with van der Waals surface area (Å²) in [5, 5.41) is 3.25. The Morgan fingerprint density at radius 2 is 1.80 bits per heavy atom. The Bertz CT molecular complexity index is 540. The Morgan fingerprint density at radius 1 is 1.20 bits per heavy atom. The number of nitrogens with one attached hydrogen (secondary N) is 2. The number of rotatable bonds is 5. The van der Waals surface area contributed by atoms with Gasteiger partial charge in [0.25, 0.3) is 0 Å². The van der Waals surface area contributed by atoms with Crippen molar-refractivity contribution >= 4 is 47.6 Å². The monoisotopic (exact) mass is 425 g/mol. The predicted molar refractivity (Wildman–Crippen MR) is 88.6 cm³/mol. The van der Waals surface area contributed by atoms with E-state index in [4.69, 9.17) is 0 Å². The molecule has 5 nitrogen and oxygen atoms in total. The van der Waals surface area contributed by atoms with Crippen LogP contribution in [0.25, 0.3) is 0 Å². The second-order valence-electron chi connectivity index (χ2n) is 4.61. The van der Waals surface area contributed by atoms with E-state index in [2.05, 4.69) is 46.8 Å². The van der Waals surface area contributed by atoms with Gasteiger partial charge < -0.3 is 5.32 Å². The first-order valence-corrected chi connectivity index (χ1v) is 9.59. The number of hydrogen-bond acceptors (Lipinski definition) is 4. The minimum atomic E-state index is -3.35. The summed E-state index contributed by atoms with van der Waals surface area (Å²) < 4.78 is 28.4. The maximum Gasteiger partial charge on any atom is 0.234 e. The maximum atomic E-state index is 12.2. The molecule has 0 radical (unpaired) electrons. The van der Waals surface area contributed by atoms with Gasteiger partial charge in [-0.25, -0.2) is 8.42 Å². The average molecular weight is 427 g/mol. The SMILES string of the molecule is O=S(=O)(CCN1CCNCC1)Nc1c(Br)cccc1Br. The molecule has 1 saturated heterocycles. The van der Waals surface area contributed by atoms with Crippen LogP contribution in [-0.4, -0.2) is 51.8 Å². The molecule has 2 N–H and O–H groups in total. The Morgan fingerprint density at radius 3 is 2.40 bits per heavy atom. The summed E-state index contributed by atoms with van der Waals surface area (Å²) >= 11 is 6.70. The highest BCUT2D eigenvalue weighted by atomic mass is 79.9. The first kappa shape index (κ1) is 16.2. The highest BCUT2D eigenvalue weighted by Gasteiger charge is 2.17. The average Bonchev–Trinajstić information content (AvgIpc) is 2.42. The standard InChI is InChI=1S/C12H17Br2N3O2S/c13-10-2-1-3-11(14)12(10)16-20(18,19)9-8-17-6-4-15-5-7-17/h1-3,15-16H,4-9H2. The zero-order valence-corrected chi connectivity index (χ0v) is 14.9. The van der Waals surface area contributed by atoms with Crippen LogP contribution in [0, 0.1) is 0 Å². The van der Waals surface area contributed by atoms with Gasteiger partial charge in [-0.2, -0.15) is 0 Å². The van der Waals surface area contributed by atoms with Crippen molar-refractivity contribution in [2.75, 3.05) is 43.2 Å². The predicted octanol–water partition coefficient (Wildman–Crippen LogP) is 1.86. The van der Waals surface area contributed by atoms with Gasteiger partial charge in [0.1, 0.15) is 0 Å². The van der Waals surface area contributed by atoms with Gasteiger partial charge in [-0.15, -0.1) is 0 Å². The minimum Gasteiger partial charge on any atom is -0.314 e. The van der Waals surface area contributed by atoms with Crippen molar-refractivity contribution < 1.29 is 8.42 Å². The van der Waals surface area contributed by atoms with Crippen LogP contribution in [-0.2, 0) is 10.0 Å². The van der Waals surface area contributed by atoms with Crippen LogP contribution in [0.5, 0.6) is 0 Å². The van der Waals surface area contributed by atoms with E-state index < -0.39 is 10.0 Å². The lowest BCUT2D eigenvalue weighted by molar-refractivity contribution is 0.254. The molecule has 0 aliphatic carbocycles. The molecular weight excluding hydrogens is 410 g/mol. The van der Waals surface area contributed by atoms with Gasteiger partial charge in [0, 0.05) is 41.7 Å². The molecule has 2 rings (SSSR count). The Kier molecular flexibility index (Phi) is 5.85. The third-order valence-corrected chi connectivity index (χ3v) is 5.66. The fourth-order valence-electron chi connectivity index (χ4n) is 1.99. The Hall–Kier alpha value is -0.150. The van der Waals surface area contributed by atoms with E-state index in [1.807, 2.05) is 6.07 Å². The van der Waals surface area contributed by atoms with Gasteiger partial charge in [-0.1, -0.05) is 6.07 Å². The largest absolute Gasteiger partial charge is 0.314 e. The number of anilines is 1. The molecule has 1 aromatic carbocycles. The van der Waals surface area contributed by atoms with Gasteiger partial charge in [0.05, 0.1) is 11.4 Å². The summed E-state index contributed by atoms with van der Waals surface area (Å²) in [5.74, 6) is 0.0980. The smallest absolute Gasteiger partial charge is 0.234 e. The number of sulfonamides is 1. The van der Waals surface area contributed by atoms with Crippen LogP contribution in [0.4, 0.5) is 5.69 Å². The summed E-state index contributed by atoms with van der Waals surface area (Å²) in [4.78, 5) is 2.16. The molecule has 1 fully saturated rings. The van der Waals surface area contributed by atoms with Gasteiger partial charge in [-0.3, -0.25) is 9.62 Å². The number of para-hydroxylation sites is 1. The zero-order chi connectivity index (χ0) is 14.6. The first-order valence-electron chi connectivity index (χ1n) is 6.35. The van der Waals surface area contributed by atoms with Gasteiger partial charge in [0.15, 0.2) is 0 Å². The van der Waals surface area contributed by atoms with Crippen molar-refractivity contribution in [1.82, 2.24) is 10.2 Å². The molecule has 1 aliphatic heterocycles. The van der Waals surface area contributed by atoms with Gasteiger partial charge >= 0.3 is 0 Å². The molecule has 20 heavy (non-hydrogen) atoms. The summed E-state index contributed by atoms with van der Waals surface area (Å²) in [7, 11) is -3.35. The topological polar surface area (TPSA) is 61.4 Å². The normalized spacial score (nSPS) is 17.1. The zero-order valence-electron chi connectivity index (χ0n) is 10.9. The van der Waals surface area contributed by atoms with E-state index in [0.29, 0.717) is 12.2 Å². The Labute approximate surface area is 136 Å². The molecule has 0 saturated carbocycles. The molecule has 0 amide bonds. The van der Waals surface area contributed by atoms with Crippen LogP contribution >= 0.6 is 31.9 Å². The lowest BCUT2D eigenvalue weighted by Crippen LogP contribution is -2.45. The molecule has 0 unspecified atom stereocenters. The van der Waals surface area contributed by atoms with Crippen molar-refractivity contribution in [3.63, 3.8) is 0 Å². The number of benzene rings is 1. The molecule has 0 aromatic heterocycles. The fraction of sp³-hybridized carbons (Fsp3) is 0.500. The third-order valence-electron chi connectivity index (χ3n) is 3.11. The van der Waals surface area contributed by atoms with E-state index in [1.165, 1.54) is 0 Å². The van der Waals surface area contributed by atoms with Crippen molar-refractivity contribution in [3.05, 3.63) is 27.1 Å². The Balaban J connectivity index is 1.96. The molecule has 1 aliphatic rings. The minimum absolute atomic E-state index is 0.0980. The van der Waals surface area contributed by atoms with E-state index in [1.54, 1.807) is 12.1 Å². The molecular formula is C12H17Br2N3O2S. The van der Waals surface area contributed by atoms with Gasteiger partial charge in [0.2, 0.25) is 10.0 Å². The van der Waals surface area contributed by atoms with Crippen LogP contribution in [0.15, 0.2) is 27.1 Å². The fourth-order valence-corrected chi connectivity index (χ4v) is 4.58. The molecule has 0 atom stereocenters. The molecule has 8 heteroatoms. The van der Waals surface area contributed by atoms with E-state index >= 15 is 0 Å². The van der Waals surface area contributed by atoms with Crippen molar-refractivity contribution in [3.8, 4) is 0 Å². The van der Waals surface area contributed by atoms with Crippen LogP contribution < -0.4 is 10.0 Å².